The summed E-state index contributed by atoms with van der Waals surface area (Å²) >= 11 is 0. The van der Waals surface area contributed by atoms with Gasteiger partial charge in [0.2, 0.25) is 11.7 Å². The molecule has 1 aliphatic heterocycles. The van der Waals surface area contributed by atoms with Crippen molar-refractivity contribution in [1.82, 2.24) is 20.4 Å². The molecule has 0 atom stereocenters. The van der Waals surface area contributed by atoms with Gasteiger partial charge in [0.05, 0.1) is 5.56 Å². The van der Waals surface area contributed by atoms with Gasteiger partial charge in [0.25, 0.3) is 5.89 Å². The van der Waals surface area contributed by atoms with Crippen LogP contribution in [0.5, 0.6) is 0 Å². The molecule has 0 saturated carbocycles. The second-order valence-electron chi connectivity index (χ2n) is 9.07. The number of nitrogens with one attached hydrogen (secondary N) is 1. The van der Waals surface area contributed by atoms with E-state index in [1.807, 2.05) is 55.5 Å². The number of hydrogen-bond donors (Lipinski definition) is 1. The summed E-state index contributed by atoms with van der Waals surface area (Å²) in [5.41, 5.74) is 5.21. The molecule has 5 rings (SSSR count). The fraction of sp³-hybridized carbons (Fsp3) is 0.286. The van der Waals surface area contributed by atoms with Gasteiger partial charge in [-0.1, -0.05) is 53.2 Å². The van der Waals surface area contributed by atoms with E-state index in [4.69, 9.17) is 4.52 Å². The van der Waals surface area contributed by atoms with Gasteiger partial charge >= 0.3 is 0 Å². The summed E-state index contributed by atoms with van der Waals surface area (Å²) in [6.45, 7) is 6.15. The Morgan fingerprint density at radius 2 is 1.89 bits per heavy atom. The fourth-order valence-electron chi connectivity index (χ4n) is 4.54. The number of anilines is 1. The molecule has 1 fully saturated rings. The van der Waals surface area contributed by atoms with Crippen LogP contribution in [-0.2, 0) is 11.3 Å². The van der Waals surface area contributed by atoms with Crippen molar-refractivity contribution in [2.75, 3.05) is 18.0 Å². The molecule has 2 aromatic carbocycles. The Balaban J connectivity index is 1.25. The van der Waals surface area contributed by atoms with E-state index in [-0.39, 0.29) is 11.8 Å². The van der Waals surface area contributed by atoms with Crippen molar-refractivity contribution < 1.29 is 9.32 Å². The molecule has 1 amide bonds. The number of piperidine rings is 1. The lowest BCUT2D eigenvalue weighted by Gasteiger charge is -2.32. The molecule has 35 heavy (non-hydrogen) atoms. The maximum absolute atomic E-state index is 12.8. The number of nitrogens with zero attached hydrogens (tertiary/aromatic N) is 4. The lowest BCUT2D eigenvalue weighted by atomic mass is 9.95. The highest BCUT2D eigenvalue weighted by molar-refractivity contribution is 5.79. The maximum atomic E-state index is 12.8. The Labute approximate surface area is 205 Å². The second-order valence-corrected chi connectivity index (χ2v) is 9.07. The van der Waals surface area contributed by atoms with Crippen molar-refractivity contribution in [3.8, 4) is 22.8 Å². The maximum Gasteiger partial charge on any atom is 0.261 e. The molecule has 2 aromatic heterocycles. The zero-order chi connectivity index (χ0) is 24.2. The molecule has 3 heterocycles. The summed E-state index contributed by atoms with van der Waals surface area (Å²) in [5, 5.41) is 7.31. The van der Waals surface area contributed by atoms with Crippen LogP contribution in [-0.4, -0.2) is 34.1 Å². The number of carbonyl (C=O) groups is 1. The van der Waals surface area contributed by atoms with Gasteiger partial charge in [0, 0.05) is 37.3 Å². The number of hydrogen-bond acceptors (Lipinski definition) is 6. The minimum Gasteiger partial charge on any atom is -0.356 e. The molecule has 178 valence electrons. The zero-order valence-electron chi connectivity index (χ0n) is 20.1. The monoisotopic (exact) mass is 467 g/mol. The molecule has 0 aliphatic carbocycles. The predicted molar refractivity (Wildman–Crippen MR) is 136 cm³/mol. The van der Waals surface area contributed by atoms with Crippen LogP contribution in [0.1, 0.15) is 29.5 Å². The van der Waals surface area contributed by atoms with Crippen LogP contribution in [0.25, 0.3) is 22.8 Å². The summed E-state index contributed by atoms with van der Waals surface area (Å²) in [5.74, 6) is 1.93. The predicted octanol–water partition coefficient (Wildman–Crippen LogP) is 4.95. The Morgan fingerprint density at radius 3 is 2.69 bits per heavy atom. The van der Waals surface area contributed by atoms with Gasteiger partial charge in [-0.25, -0.2) is 4.98 Å². The number of aromatic nitrogens is 3. The molecule has 0 spiro atoms. The summed E-state index contributed by atoms with van der Waals surface area (Å²) in [4.78, 5) is 24.3. The molecular formula is C28H29N5O2. The van der Waals surface area contributed by atoms with Crippen LogP contribution >= 0.6 is 0 Å². The lowest BCUT2D eigenvalue weighted by Crippen LogP contribution is -2.40. The van der Waals surface area contributed by atoms with Crippen molar-refractivity contribution in [3.05, 3.63) is 83.6 Å². The molecule has 0 bridgehead atoms. The van der Waals surface area contributed by atoms with Crippen molar-refractivity contribution in [2.24, 2.45) is 5.92 Å². The summed E-state index contributed by atoms with van der Waals surface area (Å²) < 4.78 is 5.63. The summed E-state index contributed by atoms with van der Waals surface area (Å²) in [7, 11) is 0. The quantitative estimate of drug-likeness (QED) is 0.432. The molecule has 7 heteroatoms. The first-order chi connectivity index (χ1) is 17.1. The van der Waals surface area contributed by atoms with E-state index in [9.17, 15) is 4.79 Å². The smallest absolute Gasteiger partial charge is 0.261 e. The van der Waals surface area contributed by atoms with Gasteiger partial charge in [-0.05, 0) is 56.0 Å². The Kier molecular flexibility index (Phi) is 6.57. The SMILES string of the molecule is Cc1cccc(-c2noc(-c3cccnc3N3CCC(C(=O)NCc4ccccc4C)CC3)n2)c1. The number of carbonyl (C=O) groups excluding carboxylic acids is 1. The van der Waals surface area contributed by atoms with Crippen molar-refractivity contribution in [2.45, 2.75) is 33.2 Å². The van der Waals surface area contributed by atoms with E-state index in [1.54, 1.807) is 6.20 Å². The number of aryl methyl sites for hydroxylation is 2. The Hall–Kier alpha value is -4.00. The van der Waals surface area contributed by atoms with Gasteiger partial charge in [-0.2, -0.15) is 4.98 Å². The van der Waals surface area contributed by atoms with Gasteiger partial charge in [-0.15, -0.1) is 0 Å². The topological polar surface area (TPSA) is 84.2 Å². The normalized spacial score (nSPS) is 14.2. The third kappa shape index (κ3) is 5.09. The van der Waals surface area contributed by atoms with E-state index in [0.717, 1.165) is 54.0 Å². The minimum atomic E-state index is -0.00115. The molecule has 1 N–H and O–H groups in total. The second kappa shape index (κ2) is 10.1. The first-order valence-corrected chi connectivity index (χ1v) is 12.0. The molecule has 7 nitrogen and oxygen atoms in total. The van der Waals surface area contributed by atoms with E-state index in [1.165, 1.54) is 5.56 Å². The number of amides is 1. The third-order valence-corrected chi connectivity index (χ3v) is 6.60. The number of rotatable bonds is 6. The van der Waals surface area contributed by atoms with E-state index >= 15 is 0 Å². The third-order valence-electron chi connectivity index (χ3n) is 6.60. The van der Waals surface area contributed by atoms with E-state index in [2.05, 4.69) is 44.4 Å². The Bertz CT molecular complexity index is 1320. The summed E-state index contributed by atoms with van der Waals surface area (Å²) in [6, 6.07) is 20.0. The molecular weight excluding hydrogens is 438 g/mol. The van der Waals surface area contributed by atoms with Crippen molar-refractivity contribution >= 4 is 11.7 Å². The average molecular weight is 468 g/mol. The van der Waals surface area contributed by atoms with E-state index in [0.29, 0.717) is 18.3 Å². The fourth-order valence-corrected chi connectivity index (χ4v) is 4.54. The largest absolute Gasteiger partial charge is 0.356 e. The van der Waals surface area contributed by atoms with E-state index < -0.39 is 0 Å². The van der Waals surface area contributed by atoms with Crippen LogP contribution in [0, 0.1) is 19.8 Å². The van der Waals surface area contributed by atoms with Gasteiger partial charge in [0.15, 0.2) is 0 Å². The summed E-state index contributed by atoms with van der Waals surface area (Å²) in [6.07, 6.45) is 3.32. The number of pyridine rings is 1. The van der Waals surface area contributed by atoms with Crippen molar-refractivity contribution in [1.29, 1.82) is 0 Å². The highest BCUT2D eigenvalue weighted by Crippen LogP contribution is 2.32. The molecule has 1 saturated heterocycles. The van der Waals surface area contributed by atoms with Gasteiger partial charge < -0.3 is 14.7 Å². The van der Waals surface area contributed by atoms with Crippen molar-refractivity contribution in [3.63, 3.8) is 0 Å². The number of benzene rings is 2. The standard InChI is InChI=1S/C28H29N5O2/c1-19-7-5-10-22(17-19)25-31-28(35-32-25)24-11-6-14-29-26(24)33-15-12-21(13-16-33)27(34)30-18-23-9-4-3-8-20(23)2/h3-11,14,17,21H,12-13,15-16,18H2,1-2H3,(H,30,34). The average Bonchev–Trinajstić information content (AvgIpc) is 3.39. The molecule has 1 aliphatic rings. The first kappa shape index (κ1) is 22.8. The minimum absolute atomic E-state index is 0.00115. The Morgan fingerprint density at radius 1 is 1.06 bits per heavy atom. The zero-order valence-corrected chi connectivity index (χ0v) is 20.1. The van der Waals surface area contributed by atoms with Crippen LogP contribution in [0.15, 0.2) is 71.4 Å². The van der Waals surface area contributed by atoms with Crippen LogP contribution < -0.4 is 10.2 Å². The highest BCUT2D eigenvalue weighted by atomic mass is 16.5. The van der Waals surface area contributed by atoms with Crippen LogP contribution in [0.4, 0.5) is 5.82 Å². The molecule has 0 radical (unpaired) electrons. The first-order valence-electron chi connectivity index (χ1n) is 12.0. The van der Waals surface area contributed by atoms with Gasteiger partial charge in [-0.3, -0.25) is 4.79 Å². The van der Waals surface area contributed by atoms with Crippen LogP contribution in [0.2, 0.25) is 0 Å². The lowest BCUT2D eigenvalue weighted by molar-refractivity contribution is -0.125. The van der Waals surface area contributed by atoms with Crippen LogP contribution in [0.3, 0.4) is 0 Å². The molecule has 4 aromatic rings. The molecule has 0 unspecified atom stereocenters. The highest BCUT2D eigenvalue weighted by Gasteiger charge is 2.27. The van der Waals surface area contributed by atoms with Gasteiger partial charge in [0.1, 0.15) is 5.82 Å².